The third-order valence-corrected chi connectivity index (χ3v) is 0.626. The maximum Gasteiger partial charge on any atom is 0.0972 e. The van der Waals surface area contributed by atoms with Crippen molar-refractivity contribution in [2.24, 2.45) is 5.73 Å². The molecule has 0 aromatic heterocycles. The van der Waals surface area contributed by atoms with Gasteiger partial charge in [-0.1, -0.05) is 0 Å². The van der Waals surface area contributed by atoms with Gasteiger partial charge in [0.1, 0.15) is 0 Å². The Bertz CT molecular complexity index is 40.7. The lowest BCUT2D eigenvalue weighted by atomic mass is 10.7. The van der Waals surface area contributed by atoms with Crippen LogP contribution in [-0.4, -0.2) is 18.6 Å². The lowest BCUT2D eigenvalue weighted by molar-refractivity contribution is 0.133. The minimum atomic E-state index is 0.0172. The van der Waals surface area contributed by atoms with E-state index in [4.69, 9.17) is 10.5 Å². The zero-order valence-corrected chi connectivity index (χ0v) is 5.32. The minimum Gasteiger partial charge on any atom is -0.367 e. The van der Waals surface area contributed by atoms with Gasteiger partial charge in [-0.2, -0.15) is 0 Å². The molecule has 0 radical (unpaired) electrons. The molecule has 0 bridgehead atoms. The molecule has 0 amide bonds. The van der Waals surface area contributed by atoms with Gasteiger partial charge in [-0.25, -0.2) is 0 Å². The highest BCUT2D eigenvalue weighted by Gasteiger charge is 1.87. The molecule has 0 heterocycles. The van der Waals surface area contributed by atoms with Crippen molar-refractivity contribution in [1.82, 2.24) is 0 Å². The maximum absolute atomic E-state index is 5.12. The summed E-state index contributed by atoms with van der Waals surface area (Å²) in [5.41, 5.74) is 5.14. The van der Waals surface area contributed by atoms with Crippen molar-refractivity contribution in [1.29, 1.82) is 0 Å². The summed E-state index contributed by atoms with van der Waals surface area (Å²) >= 11 is 3.95. The van der Waals surface area contributed by atoms with Gasteiger partial charge in [0.05, 0.1) is 12.0 Å². The first kappa shape index (κ1) is 7.27. The predicted octanol–water partition coefficient (Wildman–Crippen LogP) is 0.237. The summed E-state index contributed by atoms with van der Waals surface area (Å²) in [6.45, 7) is 3.04. The molecule has 0 spiro atoms. The number of thiol groups is 1. The van der Waals surface area contributed by atoms with Gasteiger partial charge in [-0.05, 0) is 6.92 Å². The number of rotatable bonds is 3. The van der Waals surface area contributed by atoms with Crippen LogP contribution in [0.1, 0.15) is 6.92 Å². The molecule has 2 N–H and O–H groups in total. The average molecular weight is 121 g/mol. The molecule has 0 saturated carbocycles. The van der Waals surface area contributed by atoms with Crippen LogP contribution in [0.4, 0.5) is 0 Å². The van der Waals surface area contributed by atoms with Crippen molar-refractivity contribution in [2.45, 2.75) is 12.4 Å². The van der Waals surface area contributed by atoms with E-state index >= 15 is 0 Å². The summed E-state index contributed by atoms with van der Waals surface area (Å²) in [6, 6.07) is 0. The Hall–Kier alpha value is 0.270. The Balaban J connectivity index is 2.68. The molecule has 2 nitrogen and oxygen atoms in total. The molecule has 0 aliphatic rings. The lowest BCUT2D eigenvalue weighted by Gasteiger charge is -2.02. The van der Waals surface area contributed by atoms with E-state index in [1.807, 2.05) is 6.92 Å². The number of hydrogen-bond acceptors (Lipinski definition) is 3. The molecule has 0 aromatic carbocycles. The summed E-state index contributed by atoms with van der Waals surface area (Å²) in [5, 5.41) is 0. The van der Waals surface area contributed by atoms with Gasteiger partial charge in [0.15, 0.2) is 0 Å². The van der Waals surface area contributed by atoms with E-state index in [0.717, 1.165) is 0 Å². The quantitative estimate of drug-likeness (QED) is 0.414. The molecule has 0 saturated heterocycles. The zero-order valence-electron chi connectivity index (χ0n) is 4.42. The van der Waals surface area contributed by atoms with Crippen molar-refractivity contribution < 1.29 is 4.74 Å². The van der Waals surface area contributed by atoms with Crippen molar-refractivity contribution >= 4 is 12.6 Å². The van der Waals surface area contributed by atoms with E-state index in [2.05, 4.69) is 12.6 Å². The van der Waals surface area contributed by atoms with Gasteiger partial charge < -0.3 is 10.5 Å². The third-order valence-electron chi connectivity index (χ3n) is 0.477. The first-order valence-corrected chi connectivity index (χ1v) is 2.78. The van der Waals surface area contributed by atoms with Gasteiger partial charge in [-0.15, -0.1) is 12.6 Å². The fourth-order valence-corrected chi connectivity index (χ4v) is 0.344. The second-order valence-electron chi connectivity index (χ2n) is 1.26. The van der Waals surface area contributed by atoms with Crippen LogP contribution in [-0.2, 0) is 4.74 Å². The maximum atomic E-state index is 5.12. The summed E-state index contributed by atoms with van der Waals surface area (Å²) in [5.74, 6) is 0. The molecule has 3 heteroatoms. The van der Waals surface area contributed by atoms with Crippen LogP contribution in [0.25, 0.3) is 0 Å². The van der Waals surface area contributed by atoms with Crippen molar-refractivity contribution in [2.75, 3.05) is 13.2 Å². The lowest BCUT2D eigenvalue weighted by Crippen LogP contribution is -2.11. The van der Waals surface area contributed by atoms with Gasteiger partial charge in [0, 0.05) is 6.54 Å². The van der Waals surface area contributed by atoms with Gasteiger partial charge in [-0.3, -0.25) is 0 Å². The van der Waals surface area contributed by atoms with Crippen LogP contribution in [0.5, 0.6) is 0 Å². The number of ether oxygens (including phenoxy) is 1. The van der Waals surface area contributed by atoms with E-state index in [9.17, 15) is 0 Å². The first-order valence-electron chi connectivity index (χ1n) is 2.27. The molecule has 0 aliphatic heterocycles. The number of nitrogens with two attached hydrogens (primary N) is 1. The summed E-state index contributed by atoms with van der Waals surface area (Å²) in [7, 11) is 0. The van der Waals surface area contributed by atoms with Crippen LogP contribution < -0.4 is 5.73 Å². The van der Waals surface area contributed by atoms with Crippen LogP contribution in [0.3, 0.4) is 0 Å². The second-order valence-corrected chi connectivity index (χ2v) is 1.99. The van der Waals surface area contributed by atoms with Crippen molar-refractivity contribution in [3.05, 3.63) is 0 Å². The second kappa shape index (κ2) is 4.43. The summed E-state index contributed by atoms with van der Waals surface area (Å²) < 4.78 is 4.93. The predicted molar refractivity (Wildman–Crippen MR) is 33.5 cm³/mol. The van der Waals surface area contributed by atoms with E-state index in [1.54, 1.807) is 0 Å². The van der Waals surface area contributed by atoms with E-state index in [1.165, 1.54) is 0 Å². The molecule has 1 atom stereocenters. The molecule has 44 valence electrons. The highest BCUT2D eigenvalue weighted by atomic mass is 32.1. The largest absolute Gasteiger partial charge is 0.367 e. The molecule has 7 heavy (non-hydrogen) atoms. The Labute approximate surface area is 49.4 Å². The average Bonchev–Trinajstić information content (AvgIpc) is 1.61. The highest BCUT2D eigenvalue weighted by Crippen LogP contribution is 1.91. The molecule has 0 aliphatic carbocycles. The number of hydrogen-bond donors (Lipinski definition) is 2. The van der Waals surface area contributed by atoms with E-state index in [-0.39, 0.29) is 5.44 Å². The smallest absolute Gasteiger partial charge is 0.0972 e. The highest BCUT2D eigenvalue weighted by molar-refractivity contribution is 7.80. The molecule has 0 fully saturated rings. The van der Waals surface area contributed by atoms with Crippen molar-refractivity contribution in [3.8, 4) is 0 Å². The minimum absolute atomic E-state index is 0.0172. The Kier molecular flexibility index (Phi) is 4.60. The van der Waals surface area contributed by atoms with Gasteiger partial charge >= 0.3 is 0 Å². The monoisotopic (exact) mass is 121 g/mol. The third kappa shape index (κ3) is 6.27. The van der Waals surface area contributed by atoms with Crippen molar-refractivity contribution in [3.63, 3.8) is 0 Å². The molecular weight excluding hydrogens is 110 g/mol. The first-order chi connectivity index (χ1) is 3.27. The molecular formula is C4H11NOS. The standard InChI is InChI=1S/C4H11NOS/c1-4(7)6-3-2-5/h4,7H,2-3,5H2,1H3/t4-/m0/s1. The molecule has 0 unspecified atom stereocenters. The fraction of sp³-hybridized carbons (Fsp3) is 1.00. The molecule has 0 aromatic rings. The van der Waals surface area contributed by atoms with Gasteiger partial charge in [0.25, 0.3) is 0 Å². The van der Waals surface area contributed by atoms with E-state index < -0.39 is 0 Å². The normalized spacial score (nSPS) is 14.1. The van der Waals surface area contributed by atoms with Crippen LogP contribution in [0.2, 0.25) is 0 Å². The Morgan fingerprint density at radius 3 is 2.57 bits per heavy atom. The van der Waals surface area contributed by atoms with E-state index in [0.29, 0.717) is 13.2 Å². The summed E-state index contributed by atoms with van der Waals surface area (Å²) in [6.07, 6.45) is 0. The molecule has 0 rings (SSSR count). The van der Waals surface area contributed by atoms with Gasteiger partial charge in [0.2, 0.25) is 0 Å². The SMILES string of the molecule is C[C@H](S)OCCN. The Morgan fingerprint density at radius 1 is 1.86 bits per heavy atom. The zero-order chi connectivity index (χ0) is 5.70. The Morgan fingerprint density at radius 2 is 2.43 bits per heavy atom. The van der Waals surface area contributed by atoms with Crippen LogP contribution >= 0.6 is 12.6 Å². The topological polar surface area (TPSA) is 35.2 Å². The van der Waals surface area contributed by atoms with Crippen LogP contribution in [0, 0.1) is 0 Å². The summed E-state index contributed by atoms with van der Waals surface area (Å²) in [4.78, 5) is 0. The fourth-order valence-electron chi connectivity index (χ4n) is 0.239. The van der Waals surface area contributed by atoms with Crippen LogP contribution in [0.15, 0.2) is 0 Å².